The van der Waals surface area contributed by atoms with Gasteiger partial charge in [0.25, 0.3) is 0 Å². The van der Waals surface area contributed by atoms with Crippen LogP contribution in [0.1, 0.15) is 34.1 Å². The maximum Gasteiger partial charge on any atom is 0.418 e. The van der Waals surface area contributed by atoms with Crippen LogP contribution < -0.4 is 0 Å². The number of nitrogens with zero attached hydrogens (tertiary/aromatic N) is 1. The van der Waals surface area contributed by atoms with Gasteiger partial charge < -0.3 is 9.53 Å². The van der Waals surface area contributed by atoms with Crippen molar-refractivity contribution in [1.82, 2.24) is 4.90 Å². The summed E-state index contributed by atoms with van der Waals surface area (Å²) < 4.78 is 5.10. The molecule has 17 heavy (non-hydrogen) atoms. The standard InChI is InChI=1S/C12H17NO4/c1-8-6-12(8,7-14)13(9(2)15)10(16)17-11(3,4)5/h7H,1,6H2,2-5H3/t12-/m0/s1. The molecule has 1 fully saturated rings. The van der Waals surface area contributed by atoms with E-state index in [9.17, 15) is 14.4 Å². The van der Waals surface area contributed by atoms with Crippen LogP contribution in [-0.4, -0.2) is 34.3 Å². The van der Waals surface area contributed by atoms with Crippen LogP contribution in [0.2, 0.25) is 0 Å². The van der Waals surface area contributed by atoms with E-state index in [1.54, 1.807) is 20.8 Å². The molecule has 0 aromatic rings. The van der Waals surface area contributed by atoms with Gasteiger partial charge in [0.15, 0.2) is 6.29 Å². The Morgan fingerprint density at radius 2 is 1.94 bits per heavy atom. The molecule has 0 spiro atoms. The first-order valence-corrected chi connectivity index (χ1v) is 5.32. The first-order valence-electron chi connectivity index (χ1n) is 5.32. The van der Waals surface area contributed by atoms with Crippen LogP contribution in [0.4, 0.5) is 4.79 Å². The van der Waals surface area contributed by atoms with E-state index < -0.39 is 23.1 Å². The molecular weight excluding hydrogens is 222 g/mol. The van der Waals surface area contributed by atoms with Crippen molar-refractivity contribution in [2.75, 3.05) is 0 Å². The lowest BCUT2D eigenvalue weighted by Gasteiger charge is -2.28. The summed E-state index contributed by atoms with van der Waals surface area (Å²) in [7, 11) is 0. The molecule has 1 aliphatic rings. The smallest absolute Gasteiger partial charge is 0.418 e. The lowest BCUT2D eigenvalue weighted by Crippen LogP contribution is -2.48. The second-order valence-electron chi connectivity index (χ2n) is 5.16. The summed E-state index contributed by atoms with van der Waals surface area (Å²) in [5.41, 5.74) is -1.35. The first-order chi connectivity index (χ1) is 7.64. The quantitative estimate of drug-likeness (QED) is 0.543. The van der Waals surface area contributed by atoms with Crippen LogP contribution in [-0.2, 0) is 14.3 Å². The third-order valence-corrected chi connectivity index (χ3v) is 2.46. The van der Waals surface area contributed by atoms with Gasteiger partial charge in [-0.05, 0) is 26.3 Å². The lowest BCUT2D eigenvalue weighted by molar-refractivity contribution is -0.134. The molecule has 1 rings (SSSR count). The minimum atomic E-state index is -1.19. The highest BCUT2D eigenvalue weighted by molar-refractivity contribution is 5.99. The Kier molecular flexibility index (Phi) is 3.14. The summed E-state index contributed by atoms with van der Waals surface area (Å²) in [5, 5.41) is 0. The van der Waals surface area contributed by atoms with E-state index >= 15 is 0 Å². The van der Waals surface area contributed by atoms with Gasteiger partial charge in [0.05, 0.1) is 0 Å². The van der Waals surface area contributed by atoms with E-state index in [2.05, 4.69) is 6.58 Å². The fourth-order valence-corrected chi connectivity index (χ4v) is 1.58. The molecule has 1 aliphatic carbocycles. The highest BCUT2D eigenvalue weighted by atomic mass is 16.6. The van der Waals surface area contributed by atoms with E-state index in [0.29, 0.717) is 18.3 Å². The maximum absolute atomic E-state index is 11.9. The molecule has 1 atom stereocenters. The highest BCUT2D eigenvalue weighted by Gasteiger charge is 2.57. The molecular formula is C12H17NO4. The fourth-order valence-electron chi connectivity index (χ4n) is 1.58. The molecule has 5 nitrogen and oxygen atoms in total. The van der Waals surface area contributed by atoms with Gasteiger partial charge in [0, 0.05) is 13.3 Å². The molecule has 0 heterocycles. The number of carbonyl (C=O) groups excluding carboxylic acids is 3. The predicted molar refractivity (Wildman–Crippen MR) is 61.3 cm³/mol. The van der Waals surface area contributed by atoms with Gasteiger partial charge >= 0.3 is 6.09 Å². The average Bonchev–Trinajstić information content (AvgIpc) is 2.74. The van der Waals surface area contributed by atoms with E-state index in [1.165, 1.54) is 6.92 Å². The topological polar surface area (TPSA) is 63.7 Å². The minimum absolute atomic E-state index is 0.315. The van der Waals surface area contributed by atoms with Gasteiger partial charge in [-0.2, -0.15) is 0 Å². The number of ether oxygens (including phenoxy) is 1. The molecule has 2 amide bonds. The Morgan fingerprint density at radius 1 is 1.47 bits per heavy atom. The van der Waals surface area contributed by atoms with Gasteiger partial charge in [-0.25, -0.2) is 9.69 Å². The molecule has 0 unspecified atom stereocenters. The molecule has 0 aliphatic heterocycles. The molecule has 94 valence electrons. The monoisotopic (exact) mass is 239 g/mol. The van der Waals surface area contributed by atoms with Crippen LogP contribution in [0.3, 0.4) is 0 Å². The summed E-state index contributed by atoms with van der Waals surface area (Å²) in [6, 6.07) is 0. The molecule has 0 saturated heterocycles. The van der Waals surface area contributed by atoms with Crippen LogP contribution >= 0.6 is 0 Å². The number of rotatable bonds is 2. The Hall–Kier alpha value is -1.65. The van der Waals surface area contributed by atoms with E-state index in [1.807, 2.05) is 0 Å². The zero-order valence-corrected chi connectivity index (χ0v) is 10.6. The van der Waals surface area contributed by atoms with Crippen molar-refractivity contribution in [3.05, 3.63) is 12.2 Å². The summed E-state index contributed by atoms with van der Waals surface area (Å²) in [6.07, 6.45) is 0.0754. The summed E-state index contributed by atoms with van der Waals surface area (Å²) in [5.74, 6) is -0.523. The summed E-state index contributed by atoms with van der Waals surface area (Å²) in [4.78, 5) is 35.3. The third kappa shape index (κ3) is 2.54. The predicted octanol–water partition coefficient (Wildman–Crippen LogP) is 1.67. The van der Waals surface area contributed by atoms with Gasteiger partial charge in [-0.15, -0.1) is 0 Å². The first kappa shape index (κ1) is 13.4. The molecule has 0 radical (unpaired) electrons. The molecule has 5 heteroatoms. The third-order valence-electron chi connectivity index (χ3n) is 2.46. The van der Waals surface area contributed by atoms with Crippen LogP contribution in [0.15, 0.2) is 12.2 Å². The van der Waals surface area contributed by atoms with E-state index in [4.69, 9.17) is 4.74 Å². The Bertz CT molecular complexity index is 394. The van der Waals surface area contributed by atoms with E-state index in [0.717, 1.165) is 4.90 Å². The van der Waals surface area contributed by atoms with Crippen molar-refractivity contribution in [3.8, 4) is 0 Å². The minimum Gasteiger partial charge on any atom is -0.443 e. The second-order valence-corrected chi connectivity index (χ2v) is 5.16. The molecule has 1 saturated carbocycles. The highest BCUT2D eigenvalue weighted by Crippen LogP contribution is 2.45. The van der Waals surface area contributed by atoms with Crippen molar-refractivity contribution in [2.45, 2.75) is 45.3 Å². The maximum atomic E-state index is 11.9. The average molecular weight is 239 g/mol. The fraction of sp³-hybridized carbons (Fsp3) is 0.583. The molecule has 0 N–H and O–H groups in total. The zero-order valence-electron chi connectivity index (χ0n) is 10.6. The van der Waals surface area contributed by atoms with Crippen molar-refractivity contribution in [3.63, 3.8) is 0 Å². The Balaban J connectivity index is 2.96. The van der Waals surface area contributed by atoms with Crippen molar-refractivity contribution in [1.29, 1.82) is 0 Å². The zero-order chi connectivity index (χ0) is 13.4. The van der Waals surface area contributed by atoms with Gasteiger partial charge in [-0.3, -0.25) is 4.79 Å². The van der Waals surface area contributed by atoms with Crippen molar-refractivity contribution in [2.24, 2.45) is 0 Å². The number of hydrogen-bond acceptors (Lipinski definition) is 4. The normalized spacial score (nSPS) is 22.9. The summed E-state index contributed by atoms with van der Waals surface area (Å²) >= 11 is 0. The largest absolute Gasteiger partial charge is 0.443 e. The Labute approximate surface area is 100 Å². The van der Waals surface area contributed by atoms with Crippen LogP contribution in [0.5, 0.6) is 0 Å². The number of hydrogen-bond donors (Lipinski definition) is 0. The number of carbonyl (C=O) groups is 3. The lowest BCUT2D eigenvalue weighted by atomic mass is 10.2. The molecule has 0 bridgehead atoms. The second kappa shape index (κ2) is 3.98. The van der Waals surface area contributed by atoms with Gasteiger partial charge in [0.2, 0.25) is 5.91 Å². The number of imide groups is 1. The van der Waals surface area contributed by atoms with Gasteiger partial charge in [-0.1, -0.05) is 6.58 Å². The summed E-state index contributed by atoms with van der Waals surface area (Å²) in [6.45, 7) is 9.94. The number of amides is 2. The van der Waals surface area contributed by atoms with Crippen LogP contribution in [0.25, 0.3) is 0 Å². The molecule has 0 aromatic heterocycles. The van der Waals surface area contributed by atoms with Crippen molar-refractivity contribution >= 4 is 18.3 Å². The molecule has 0 aromatic carbocycles. The SMILES string of the molecule is C=C1C[C@@]1(C=O)N(C(C)=O)C(=O)OC(C)(C)C. The van der Waals surface area contributed by atoms with Gasteiger partial charge in [0.1, 0.15) is 11.1 Å². The number of aldehydes is 1. The van der Waals surface area contributed by atoms with Crippen LogP contribution in [0, 0.1) is 0 Å². The van der Waals surface area contributed by atoms with Crippen molar-refractivity contribution < 1.29 is 19.1 Å². The van der Waals surface area contributed by atoms with E-state index in [-0.39, 0.29) is 0 Å². The Morgan fingerprint density at radius 3 is 2.18 bits per heavy atom.